The zero-order chi connectivity index (χ0) is 14.0. The molecule has 1 aromatic heterocycles. The summed E-state index contributed by atoms with van der Waals surface area (Å²) in [6.07, 6.45) is 0. The monoisotopic (exact) mass is 342 g/mol. The van der Waals surface area contributed by atoms with E-state index in [1.807, 2.05) is 13.8 Å². The summed E-state index contributed by atoms with van der Waals surface area (Å²) in [5, 5.41) is 10.0. The topological polar surface area (TPSA) is 55.2 Å². The molecule has 0 saturated heterocycles. The minimum atomic E-state index is 0.0885. The maximum atomic E-state index is 9.67. The maximum absolute atomic E-state index is 9.67. The number of aryl methyl sites for hydroxylation is 1. The Balaban J connectivity index is 2.50. The van der Waals surface area contributed by atoms with Crippen LogP contribution in [0.3, 0.4) is 0 Å². The Labute approximate surface area is 124 Å². The molecule has 0 bridgehead atoms. The van der Waals surface area contributed by atoms with Gasteiger partial charge in [-0.2, -0.15) is 0 Å². The quantitative estimate of drug-likeness (QED) is 0.857. The zero-order valence-corrected chi connectivity index (χ0v) is 12.8. The van der Waals surface area contributed by atoms with Crippen LogP contribution >= 0.6 is 27.5 Å². The lowest BCUT2D eigenvalue weighted by atomic mass is 10.2. The number of halogens is 2. The Kier molecular flexibility index (Phi) is 4.27. The molecule has 0 spiro atoms. The van der Waals surface area contributed by atoms with Crippen molar-refractivity contribution in [2.24, 2.45) is 0 Å². The molecule has 0 aliphatic carbocycles. The lowest BCUT2D eigenvalue weighted by Crippen LogP contribution is -1.96. The van der Waals surface area contributed by atoms with Crippen LogP contribution < -0.4 is 4.74 Å². The third-order valence-electron chi connectivity index (χ3n) is 2.49. The van der Waals surface area contributed by atoms with Gasteiger partial charge in [0.1, 0.15) is 5.15 Å². The van der Waals surface area contributed by atoms with Crippen LogP contribution in [0.1, 0.15) is 12.6 Å². The van der Waals surface area contributed by atoms with Gasteiger partial charge in [-0.3, -0.25) is 0 Å². The molecule has 0 unspecified atom stereocenters. The van der Waals surface area contributed by atoms with Gasteiger partial charge in [0.05, 0.1) is 16.8 Å². The Morgan fingerprint density at radius 1 is 1.37 bits per heavy atom. The van der Waals surface area contributed by atoms with E-state index in [-0.39, 0.29) is 5.75 Å². The van der Waals surface area contributed by atoms with Crippen molar-refractivity contribution in [3.8, 4) is 22.9 Å². The Bertz CT molecular complexity index is 597. The van der Waals surface area contributed by atoms with Crippen molar-refractivity contribution in [3.05, 3.63) is 33.5 Å². The van der Waals surface area contributed by atoms with E-state index in [9.17, 15) is 5.11 Å². The summed E-state index contributed by atoms with van der Waals surface area (Å²) in [5.41, 5.74) is 1.49. The molecular weight excluding hydrogens is 332 g/mol. The SMILES string of the molecule is CCOc1cc(-c2nc(C)c(Br)c(Cl)n2)ccc1O. The van der Waals surface area contributed by atoms with Gasteiger partial charge in [-0.15, -0.1) is 0 Å². The average molecular weight is 344 g/mol. The highest BCUT2D eigenvalue weighted by atomic mass is 79.9. The zero-order valence-electron chi connectivity index (χ0n) is 10.4. The summed E-state index contributed by atoms with van der Waals surface area (Å²) in [4.78, 5) is 8.56. The second kappa shape index (κ2) is 5.75. The number of hydrogen-bond acceptors (Lipinski definition) is 4. The molecule has 1 heterocycles. The first-order valence-corrected chi connectivity index (χ1v) is 6.85. The van der Waals surface area contributed by atoms with Crippen LogP contribution in [0.4, 0.5) is 0 Å². The number of ether oxygens (including phenoxy) is 1. The van der Waals surface area contributed by atoms with E-state index in [1.165, 1.54) is 0 Å². The fourth-order valence-corrected chi connectivity index (χ4v) is 1.97. The number of benzene rings is 1. The van der Waals surface area contributed by atoms with Crippen LogP contribution in [0.25, 0.3) is 11.4 Å². The van der Waals surface area contributed by atoms with Gasteiger partial charge in [0.15, 0.2) is 17.3 Å². The number of rotatable bonds is 3. The Morgan fingerprint density at radius 3 is 2.74 bits per heavy atom. The van der Waals surface area contributed by atoms with Crippen molar-refractivity contribution in [1.82, 2.24) is 9.97 Å². The molecule has 1 aromatic carbocycles. The summed E-state index contributed by atoms with van der Waals surface area (Å²) < 4.78 is 6.02. The molecule has 2 rings (SSSR count). The van der Waals surface area contributed by atoms with E-state index < -0.39 is 0 Å². The van der Waals surface area contributed by atoms with Gasteiger partial charge in [0.2, 0.25) is 0 Å². The van der Waals surface area contributed by atoms with Gasteiger partial charge < -0.3 is 9.84 Å². The molecule has 0 fully saturated rings. The largest absolute Gasteiger partial charge is 0.504 e. The molecule has 0 atom stereocenters. The highest BCUT2D eigenvalue weighted by molar-refractivity contribution is 9.10. The first-order chi connectivity index (χ1) is 9.02. The van der Waals surface area contributed by atoms with Crippen LogP contribution in [0.15, 0.2) is 22.7 Å². The third-order valence-corrected chi connectivity index (χ3v) is 3.95. The maximum Gasteiger partial charge on any atom is 0.161 e. The number of aromatic nitrogens is 2. The van der Waals surface area contributed by atoms with Crippen molar-refractivity contribution < 1.29 is 9.84 Å². The second-order valence-electron chi connectivity index (χ2n) is 3.85. The highest BCUT2D eigenvalue weighted by Crippen LogP contribution is 2.32. The number of phenolic OH excluding ortho intramolecular Hbond substituents is 1. The lowest BCUT2D eigenvalue weighted by Gasteiger charge is -2.09. The van der Waals surface area contributed by atoms with Crippen molar-refractivity contribution >= 4 is 27.5 Å². The molecule has 0 amide bonds. The fourth-order valence-electron chi connectivity index (χ4n) is 1.58. The average Bonchev–Trinajstić information content (AvgIpc) is 2.38. The van der Waals surface area contributed by atoms with E-state index in [4.69, 9.17) is 16.3 Å². The number of hydrogen-bond donors (Lipinski definition) is 1. The minimum Gasteiger partial charge on any atom is -0.504 e. The standard InChI is InChI=1S/C13H12BrClN2O2/c1-3-19-10-6-8(4-5-9(10)18)13-16-7(2)11(14)12(15)17-13/h4-6,18H,3H2,1-2H3. The van der Waals surface area contributed by atoms with Crippen molar-refractivity contribution in [2.45, 2.75) is 13.8 Å². The van der Waals surface area contributed by atoms with Crippen molar-refractivity contribution in [1.29, 1.82) is 0 Å². The van der Waals surface area contributed by atoms with Crippen LogP contribution in [-0.4, -0.2) is 21.7 Å². The number of aromatic hydroxyl groups is 1. The molecule has 0 saturated carbocycles. The summed E-state index contributed by atoms with van der Waals surface area (Å²) in [6.45, 7) is 4.16. The fraction of sp³-hybridized carbons (Fsp3) is 0.231. The first kappa shape index (κ1) is 14.1. The molecule has 4 nitrogen and oxygen atoms in total. The minimum absolute atomic E-state index is 0.0885. The van der Waals surface area contributed by atoms with Crippen molar-refractivity contribution in [3.63, 3.8) is 0 Å². The van der Waals surface area contributed by atoms with Gasteiger partial charge >= 0.3 is 0 Å². The molecule has 1 N–H and O–H groups in total. The first-order valence-electron chi connectivity index (χ1n) is 5.68. The molecule has 19 heavy (non-hydrogen) atoms. The van der Waals surface area contributed by atoms with E-state index >= 15 is 0 Å². The second-order valence-corrected chi connectivity index (χ2v) is 5.00. The molecule has 0 aliphatic heterocycles. The van der Waals surface area contributed by atoms with Gasteiger partial charge in [0.25, 0.3) is 0 Å². The van der Waals surface area contributed by atoms with Gasteiger partial charge in [0, 0.05) is 5.56 Å². The summed E-state index contributed by atoms with van der Waals surface area (Å²) in [5.74, 6) is 0.984. The Hall–Kier alpha value is -1.33. The number of phenols is 1. The lowest BCUT2D eigenvalue weighted by molar-refractivity contribution is 0.318. The summed E-state index contributed by atoms with van der Waals surface area (Å²) >= 11 is 9.34. The smallest absolute Gasteiger partial charge is 0.161 e. The third kappa shape index (κ3) is 2.98. The predicted octanol–water partition coefficient (Wildman–Crippen LogP) is 3.97. The normalized spacial score (nSPS) is 10.5. The molecule has 0 aliphatic rings. The predicted molar refractivity (Wildman–Crippen MR) is 77.7 cm³/mol. The summed E-state index contributed by atoms with van der Waals surface area (Å²) in [6, 6.07) is 4.96. The van der Waals surface area contributed by atoms with E-state index in [0.29, 0.717) is 27.8 Å². The molecule has 6 heteroatoms. The summed E-state index contributed by atoms with van der Waals surface area (Å²) in [7, 11) is 0. The van der Waals surface area contributed by atoms with Gasteiger partial charge in [-0.1, -0.05) is 11.6 Å². The highest BCUT2D eigenvalue weighted by Gasteiger charge is 2.11. The van der Waals surface area contributed by atoms with E-state index in [0.717, 1.165) is 11.3 Å². The van der Waals surface area contributed by atoms with Crippen LogP contribution in [-0.2, 0) is 0 Å². The number of nitrogens with zero attached hydrogens (tertiary/aromatic N) is 2. The Morgan fingerprint density at radius 2 is 2.11 bits per heavy atom. The van der Waals surface area contributed by atoms with Crippen LogP contribution in [0.5, 0.6) is 11.5 Å². The van der Waals surface area contributed by atoms with E-state index in [2.05, 4.69) is 25.9 Å². The van der Waals surface area contributed by atoms with Crippen LogP contribution in [0, 0.1) is 6.92 Å². The van der Waals surface area contributed by atoms with E-state index in [1.54, 1.807) is 18.2 Å². The van der Waals surface area contributed by atoms with Crippen molar-refractivity contribution in [2.75, 3.05) is 6.61 Å². The molecular formula is C13H12BrClN2O2. The van der Waals surface area contributed by atoms with Gasteiger partial charge in [-0.05, 0) is 48.0 Å². The molecule has 0 radical (unpaired) electrons. The molecule has 2 aromatic rings. The van der Waals surface area contributed by atoms with Crippen LogP contribution in [0.2, 0.25) is 5.15 Å². The van der Waals surface area contributed by atoms with Gasteiger partial charge in [-0.25, -0.2) is 9.97 Å². The molecule has 100 valence electrons.